The number of rotatable bonds is 9. The van der Waals surface area contributed by atoms with Crippen LogP contribution in [0.1, 0.15) is 38.1 Å². The van der Waals surface area contributed by atoms with E-state index in [9.17, 15) is 14.0 Å². The van der Waals surface area contributed by atoms with Gasteiger partial charge in [0.25, 0.3) is 0 Å². The highest BCUT2D eigenvalue weighted by Crippen LogP contribution is 2.16. The minimum absolute atomic E-state index is 0.0140. The molecule has 0 aliphatic carbocycles. The average molecular weight is 405 g/mol. The lowest BCUT2D eigenvalue weighted by Crippen LogP contribution is -2.45. The van der Waals surface area contributed by atoms with Gasteiger partial charge in [0.15, 0.2) is 0 Å². The number of hydrogen-bond acceptors (Lipinski definition) is 3. The van der Waals surface area contributed by atoms with Gasteiger partial charge in [0.1, 0.15) is 5.82 Å². The third kappa shape index (κ3) is 6.75. The number of amides is 2. The summed E-state index contributed by atoms with van der Waals surface area (Å²) in [5.41, 5.74) is 0.858. The van der Waals surface area contributed by atoms with Crippen molar-refractivity contribution in [3.8, 4) is 0 Å². The van der Waals surface area contributed by atoms with Crippen molar-refractivity contribution in [1.82, 2.24) is 9.80 Å². The first-order chi connectivity index (χ1) is 13.3. The van der Waals surface area contributed by atoms with Crippen molar-refractivity contribution in [1.29, 1.82) is 0 Å². The van der Waals surface area contributed by atoms with Crippen LogP contribution in [0.5, 0.6) is 0 Å². The molecule has 0 aliphatic heterocycles. The molecule has 1 aromatic carbocycles. The first-order valence-corrected chi connectivity index (χ1v) is 10.5. The largest absolute Gasteiger partial charge is 0.333 e. The van der Waals surface area contributed by atoms with Crippen LogP contribution < -0.4 is 0 Å². The van der Waals surface area contributed by atoms with E-state index in [2.05, 4.69) is 0 Å². The zero-order valence-corrected chi connectivity index (χ0v) is 17.8. The molecular weight excluding hydrogens is 375 g/mol. The molecule has 1 aromatic heterocycles. The van der Waals surface area contributed by atoms with E-state index in [0.717, 1.165) is 10.4 Å². The SMILES string of the molecule is CC(C)CN(CC(=O)N(Cc1ccc(F)cc1)Cc1cccs1)C(=O)C(C)C. The van der Waals surface area contributed by atoms with E-state index >= 15 is 0 Å². The highest BCUT2D eigenvalue weighted by atomic mass is 32.1. The maximum Gasteiger partial charge on any atom is 0.242 e. The van der Waals surface area contributed by atoms with Gasteiger partial charge in [-0.25, -0.2) is 4.39 Å². The summed E-state index contributed by atoms with van der Waals surface area (Å²) in [4.78, 5) is 30.2. The quantitative estimate of drug-likeness (QED) is 0.615. The lowest BCUT2D eigenvalue weighted by Gasteiger charge is -2.29. The third-order valence-electron chi connectivity index (χ3n) is 4.28. The first-order valence-electron chi connectivity index (χ1n) is 9.59. The van der Waals surface area contributed by atoms with Gasteiger partial charge in [0.05, 0.1) is 13.1 Å². The predicted octanol–water partition coefficient (Wildman–Crippen LogP) is 4.56. The molecule has 0 unspecified atom stereocenters. The summed E-state index contributed by atoms with van der Waals surface area (Å²) in [6.45, 7) is 9.22. The Hall–Kier alpha value is -2.21. The molecule has 2 amide bonds. The second kappa shape index (κ2) is 10.4. The number of benzene rings is 1. The molecular formula is C22H29FN2O2S. The second-order valence-electron chi connectivity index (χ2n) is 7.72. The topological polar surface area (TPSA) is 40.6 Å². The molecule has 0 aliphatic rings. The summed E-state index contributed by atoms with van der Waals surface area (Å²) >= 11 is 1.59. The van der Waals surface area contributed by atoms with Gasteiger partial charge in [-0.15, -0.1) is 11.3 Å². The molecule has 0 atom stereocenters. The molecule has 6 heteroatoms. The Morgan fingerprint density at radius 3 is 2.21 bits per heavy atom. The van der Waals surface area contributed by atoms with E-state index < -0.39 is 0 Å². The lowest BCUT2D eigenvalue weighted by atomic mass is 10.1. The fourth-order valence-electron chi connectivity index (χ4n) is 2.93. The third-order valence-corrected chi connectivity index (χ3v) is 5.14. The van der Waals surface area contributed by atoms with Crippen molar-refractivity contribution in [2.24, 2.45) is 11.8 Å². The molecule has 2 aromatic rings. The van der Waals surface area contributed by atoms with Crippen molar-refractivity contribution < 1.29 is 14.0 Å². The van der Waals surface area contributed by atoms with E-state index in [-0.39, 0.29) is 36.0 Å². The first kappa shape index (κ1) is 22.1. The van der Waals surface area contributed by atoms with Crippen molar-refractivity contribution in [3.05, 3.63) is 58.0 Å². The van der Waals surface area contributed by atoms with Crippen molar-refractivity contribution in [2.45, 2.75) is 40.8 Å². The Balaban J connectivity index is 2.18. The molecule has 4 nitrogen and oxygen atoms in total. The summed E-state index contributed by atoms with van der Waals surface area (Å²) in [5, 5.41) is 1.98. The minimum atomic E-state index is -0.300. The Kier molecular flexibility index (Phi) is 8.18. The Morgan fingerprint density at radius 2 is 1.68 bits per heavy atom. The summed E-state index contributed by atoms with van der Waals surface area (Å²) in [6, 6.07) is 10.1. The molecule has 0 spiro atoms. The summed E-state index contributed by atoms with van der Waals surface area (Å²) < 4.78 is 13.2. The van der Waals surface area contributed by atoms with Gasteiger partial charge < -0.3 is 9.80 Å². The van der Waals surface area contributed by atoms with Crippen LogP contribution in [0.25, 0.3) is 0 Å². The number of nitrogens with zero attached hydrogens (tertiary/aromatic N) is 2. The zero-order chi connectivity index (χ0) is 20.7. The Morgan fingerprint density at radius 1 is 1.00 bits per heavy atom. The fourth-order valence-corrected chi connectivity index (χ4v) is 3.65. The molecule has 0 radical (unpaired) electrons. The van der Waals surface area contributed by atoms with E-state index in [1.165, 1.54) is 12.1 Å². The summed E-state index contributed by atoms with van der Waals surface area (Å²) in [7, 11) is 0. The zero-order valence-electron chi connectivity index (χ0n) is 17.0. The molecule has 152 valence electrons. The fraction of sp³-hybridized carbons (Fsp3) is 0.455. The van der Waals surface area contributed by atoms with Gasteiger partial charge in [0.2, 0.25) is 11.8 Å². The molecule has 0 fully saturated rings. The Bertz CT molecular complexity index is 757. The molecule has 1 heterocycles. The van der Waals surface area contributed by atoms with Crippen molar-refractivity contribution >= 4 is 23.2 Å². The molecule has 0 bridgehead atoms. The number of carbonyl (C=O) groups excluding carboxylic acids is 2. The van der Waals surface area contributed by atoms with E-state index in [1.54, 1.807) is 33.3 Å². The van der Waals surface area contributed by atoms with Gasteiger partial charge in [-0.05, 0) is 35.1 Å². The van der Waals surface area contributed by atoms with Crippen LogP contribution in [0.3, 0.4) is 0 Å². The second-order valence-corrected chi connectivity index (χ2v) is 8.76. The molecule has 28 heavy (non-hydrogen) atoms. The van der Waals surface area contributed by atoms with Crippen LogP contribution in [0, 0.1) is 17.7 Å². The highest BCUT2D eigenvalue weighted by Gasteiger charge is 2.24. The van der Waals surface area contributed by atoms with E-state index in [4.69, 9.17) is 0 Å². The van der Waals surface area contributed by atoms with Gasteiger partial charge >= 0.3 is 0 Å². The number of carbonyl (C=O) groups is 2. The predicted molar refractivity (Wildman–Crippen MR) is 111 cm³/mol. The van der Waals surface area contributed by atoms with Gasteiger partial charge in [-0.2, -0.15) is 0 Å². The standard InChI is InChI=1S/C22H29FN2O2S/c1-16(2)12-25(22(27)17(3)4)15-21(26)24(14-20-6-5-11-28-20)13-18-7-9-19(23)10-8-18/h5-11,16-17H,12-15H2,1-4H3. The van der Waals surface area contributed by atoms with Crippen molar-refractivity contribution in [2.75, 3.05) is 13.1 Å². The summed E-state index contributed by atoms with van der Waals surface area (Å²) in [6.07, 6.45) is 0. The number of thiophene rings is 1. The number of halogens is 1. The van der Waals surface area contributed by atoms with Gasteiger partial charge in [-0.1, -0.05) is 45.9 Å². The Labute approximate surface area is 171 Å². The van der Waals surface area contributed by atoms with Gasteiger partial charge in [-0.3, -0.25) is 9.59 Å². The van der Waals surface area contributed by atoms with Crippen LogP contribution in [0.4, 0.5) is 4.39 Å². The molecule has 0 N–H and O–H groups in total. The lowest BCUT2D eigenvalue weighted by molar-refractivity contribution is -0.143. The highest BCUT2D eigenvalue weighted by molar-refractivity contribution is 7.09. The van der Waals surface area contributed by atoms with Crippen LogP contribution >= 0.6 is 11.3 Å². The molecule has 0 saturated heterocycles. The van der Waals surface area contributed by atoms with E-state index in [1.807, 2.05) is 45.2 Å². The van der Waals surface area contributed by atoms with E-state index in [0.29, 0.717) is 19.6 Å². The normalized spacial score (nSPS) is 11.1. The monoisotopic (exact) mass is 404 g/mol. The summed E-state index contributed by atoms with van der Waals surface area (Å²) in [5.74, 6) is -0.300. The smallest absolute Gasteiger partial charge is 0.242 e. The minimum Gasteiger partial charge on any atom is -0.333 e. The van der Waals surface area contributed by atoms with Crippen LogP contribution in [0.2, 0.25) is 0 Å². The molecule has 2 rings (SSSR count). The maximum atomic E-state index is 13.2. The van der Waals surface area contributed by atoms with Gasteiger partial charge in [0, 0.05) is 23.9 Å². The average Bonchev–Trinajstić information content (AvgIpc) is 3.14. The maximum absolute atomic E-state index is 13.2. The number of hydrogen-bond donors (Lipinski definition) is 0. The van der Waals surface area contributed by atoms with Crippen LogP contribution in [0.15, 0.2) is 41.8 Å². The van der Waals surface area contributed by atoms with Crippen LogP contribution in [-0.2, 0) is 22.7 Å². The van der Waals surface area contributed by atoms with Crippen LogP contribution in [-0.4, -0.2) is 34.7 Å². The molecule has 0 saturated carbocycles. The van der Waals surface area contributed by atoms with Crippen molar-refractivity contribution in [3.63, 3.8) is 0 Å².